The van der Waals surface area contributed by atoms with E-state index >= 15 is 0 Å². The summed E-state index contributed by atoms with van der Waals surface area (Å²) in [4.78, 5) is 2.44. The molecule has 0 amide bonds. The molecule has 0 radical (unpaired) electrons. The van der Waals surface area contributed by atoms with Crippen LogP contribution in [-0.4, -0.2) is 36.8 Å². The Morgan fingerprint density at radius 1 is 1.05 bits per heavy atom. The molecule has 2 aromatic rings. The normalized spacial score (nSPS) is 21.9. The van der Waals surface area contributed by atoms with Crippen LogP contribution >= 0.6 is 0 Å². The first-order chi connectivity index (χ1) is 10.8. The molecule has 3 heteroatoms. The van der Waals surface area contributed by atoms with E-state index in [1.54, 1.807) is 7.11 Å². The zero-order valence-corrected chi connectivity index (χ0v) is 13.0. The Kier molecular flexibility index (Phi) is 4.76. The maximum atomic E-state index is 9.73. The number of nitrogens with zero attached hydrogens (tertiary/aromatic N) is 1. The summed E-state index contributed by atoms with van der Waals surface area (Å²) in [5.41, 5.74) is 2.62. The van der Waals surface area contributed by atoms with Crippen LogP contribution in [0.15, 0.2) is 54.6 Å². The van der Waals surface area contributed by atoms with E-state index in [9.17, 15) is 5.11 Å². The van der Waals surface area contributed by atoms with Gasteiger partial charge in [0, 0.05) is 38.1 Å². The lowest BCUT2D eigenvalue weighted by atomic mass is 9.89. The molecule has 3 rings (SSSR count). The average molecular weight is 297 g/mol. The molecule has 1 N–H and O–H groups in total. The van der Waals surface area contributed by atoms with Crippen LogP contribution < -0.4 is 4.74 Å². The first kappa shape index (κ1) is 15.1. The summed E-state index contributed by atoms with van der Waals surface area (Å²) in [6.45, 7) is 3.13. The highest BCUT2D eigenvalue weighted by atomic mass is 16.5. The SMILES string of the molecule is COc1ccc(C2CN(Cc3ccccc3)CC2CO)cc1. The molecule has 22 heavy (non-hydrogen) atoms. The summed E-state index contributed by atoms with van der Waals surface area (Å²) in [5.74, 6) is 1.57. The van der Waals surface area contributed by atoms with E-state index in [2.05, 4.69) is 41.3 Å². The molecule has 0 aromatic heterocycles. The Labute approximate surface area is 132 Å². The van der Waals surface area contributed by atoms with Gasteiger partial charge in [0.1, 0.15) is 5.75 Å². The third kappa shape index (κ3) is 3.32. The van der Waals surface area contributed by atoms with Crippen LogP contribution in [0.2, 0.25) is 0 Å². The summed E-state index contributed by atoms with van der Waals surface area (Å²) < 4.78 is 5.23. The Bertz CT molecular complexity index is 582. The van der Waals surface area contributed by atoms with E-state index < -0.39 is 0 Å². The van der Waals surface area contributed by atoms with Crippen molar-refractivity contribution in [2.45, 2.75) is 12.5 Å². The topological polar surface area (TPSA) is 32.7 Å². The van der Waals surface area contributed by atoms with Crippen molar-refractivity contribution in [3.8, 4) is 5.75 Å². The minimum atomic E-state index is 0.238. The van der Waals surface area contributed by atoms with Crippen LogP contribution in [0.5, 0.6) is 5.75 Å². The van der Waals surface area contributed by atoms with Crippen molar-refractivity contribution in [1.29, 1.82) is 0 Å². The van der Waals surface area contributed by atoms with Crippen molar-refractivity contribution in [3.05, 3.63) is 65.7 Å². The predicted molar refractivity (Wildman–Crippen MR) is 88.0 cm³/mol. The van der Waals surface area contributed by atoms with E-state index in [1.807, 2.05) is 18.2 Å². The molecular weight excluding hydrogens is 274 g/mol. The van der Waals surface area contributed by atoms with Gasteiger partial charge < -0.3 is 9.84 Å². The number of methoxy groups -OCH3 is 1. The van der Waals surface area contributed by atoms with E-state index in [4.69, 9.17) is 4.74 Å². The van der Waals surface area contributed by atoms with Gasteiger partial charge >= 0.3 is 0 Å². The van der Waals surface area contributed by atoms with Gasteiger partial charge in [-0.05, 0) is 23.3 Å². The summed E-state index contributed by atoms with van der Waals surface area (Å²) in [6.07, 6.45) is 0. The van der Waals surface area contributed by atoms with Crippen molar-refractivity contribution in [2.24, 2.45) is 5.92 Å². The molecule has 2 unspecified atom stereocenters. The van der Waals surface area contributed by atoms with Crippen molar-refractivity contribution in [1.82, 2.24) is 4.90 Å². The molecule has 0 aliphatic carbocycles. The Morgan fingerprint density at radius 2 is 1.77 bits per heavy atom. The highest BCUT2D eigenvalue weighted by molar-refractivity contribution is 5.31. The molecule has 1 aliphatic heterocycles. The molecule has 1 heterocycles. The van der Waals surface area contributed by atoms with Crippen molar-refractivity contribution < 1.29 is 9.84 Å². The third-order valence-electron chi connectivity index (χ3n) is 4.54. The average Bonchev–Trinajstić information content (AvgIpc) is 2.99. The molecule has 0 saturated carbocycles. The van der Waals surface area contributed by atoms with Gasteiger partial charge in [-0.15, -0.1) is 0 Å². The second-order valence-electron chi connectivity index (χ2n) is 6.00. The van der Waals surface area contributed by atoms with Gasteiger partial charge in [-0.3, -0.25) is 4.90 Å². The summed E-state index contributed by atoms with van der Waals surface area (Å²) in [5, 5.41) is 9.73. The number of aliphatic hydroxyl groups excluding tert-OH is 1. The number of aliphatic hydroxyl groups is 1. The number of benzene rings is 2. The standard InChI is InChI=1S/C19H23NO2/c1-22-18-9-7-16(8-10-18)19-13-20(12-17(19)14-21)11-15-5-3-2-4-6-15/h2-10,17,19,21H,11-14H2,1H3. The maximum Gasteiger partial charge on any atom is 0.118 e. The molecule has 0 spiro atoms. The molecule has 2 atom stereocenters. The Morgan fingerprint density at radius 3 is 2.41 bits per heavy atom. The first-order valence-corrected chi connectivity index (χ1v) is 7.81. The molecular formula is C19H23NO2. The summed E-state index contributed by atoms with van der Waals surface area (Å²) >= 11 is 0. The second kappa shape index (κ2) is 6.95. The monoisotopic (exact) mass is 297 g/mol. The smallest absolute Gasteiger partial charge is 0.118 e. The number of hydrogen-bond donors (Lipinski definition) is 1. The third-order valence-corrected chi connectivity index (χ3v) is 4.54. The van der Waals surface area contributed by atoms with Crippen molar-refractivity contribution >= 4 is 0 Å². The predicted octanol–water partition coefficient (Wildman–Crippen LogP) is 2.90. The Hall–Kier alpha value is -1.84. The zero-order chi connectivity index (χ0) is 15.4. The second-order valence-corrected chi connectivity index (χ2v) is 6.00. The van der Waals surface area contributed by atoms with E-state index in [1.165, 1.54) is 11.1 Å². The molecule has 1 saturated heterocycles. The van der Waals surface area contributed by atoms with Crippen molar-refractivity contribution in [3.63, 3.8) is 0 Å². The number of likely N-dealkylation sites (tertiary alicyclic amines) is 1. The summed E-state index contributed by atoms with van der Waals surface area (Å²) in [6, 6.07) is 18.8. The molecule has 2 aromatic carbocycles. The van der Waals surface area contributed by atoms with Crippen molar-refractivity contribution in [2.75, 3.05) is 26.8 Å². The quantitative estimate of drug-likeness (QED) is 0.921. The Balaban J connectivity index is 1.71. The lowest BCUT2D eigenvalue weighted by Gasteiger charge is -2.17. The van der Waals surface area contributed by atoms with Crippen LogP contribution in [0.1, 0.15) is 17.0 Å². The van der Waals surface area contributed by atoms with Gasteiger partial charge in [0.05, 0.1) is 7.11 Å². The fourth-order valence-corrected chi connectivity index (χ4v) is 3.35. The zero-order valence-electron chi connectivity index (χ0n) is 13.0. The summed E-state index contributed by atoms with van der Waals surface area (Å²) in [7, 11) is 1.68. The number of hydrogen-bond acceptors (Lipinski definition) is 3. The van der Waals surface area contributed by atoms with E-state index in [0.717, 1.165) is 25.4 Å². The van der Waals surface area contributed by atoms with Gasteiger partial charge in [-0.2, -0.15) is 0 Å². The van der Waals surface area contributed by atoms with E-state index in [0.29, 0.717) is 11.8 Å². The molecule has 3 nitrogen and oxygen atoms in total. The van der Waals surface area contributed by atoms with Crippen LogP contribution in [-0.2, 0) is 6.54 Å². The molecule has 1 aliphatic rings. The largest absolute Gasteiger partial charge is 0.497 e. The highest BCUT2D eigenvalue weighted by Crippen LogP contribution is 2.33. The minimum Gasteiger partial charge on any atom is -0.497 e. The van der Waals surface area contributed by atoms with Gasteiger partial charge in [0.2, 0.25) is 0 Å². The van der Waals surface area contributed by atoms with Gasteiger partial charge in [-0.25, -0.2) is 0 Å². The van der Waals surface area contributed by atoms with Crippen LogP contribution in [0.25, 0.3) is 0 Å². The lowest BCUT2D eigenvalue weighted by Crippen LogP contribution is -2.20. The fourth-order valence-electron chi connectivity index (χ4n) is 3.35. The van der Waals surface area contributed by atoms with Gasteiger partial charge in [-0.1, -0.05) is 42.5 Å². The highest BCUT2D eigenvalue weighted by Gasteiger charge is 2.33. The van der Waals surface area contributed by atoms with Crippen LogP contribution in [0, 0.1) is 5.92 Å². The molecule has 1 fully saturated rings. The number of rotatable bonds is 5. The minimum absolute atomic E-state index is 0.238. The van der Waals surface area contributed by atoms with Gasteiger partial charge in [0.15, 0.2) is 0 Å². The molecule has 0 bridgehead atoms. The van der Waals surface area contributed by atoms with E-state index in [-0.39, 0.29) is 6.61 Å². The lowest BCUT2D eigenvalue weighted by molar-refractivity contribution is 0.214. The van der Waals surface area contributed by atoms with Crippen LogP contribution in [0.4, 0.5) is 0 Å². The molecule has 116 valence electrons. The fraction of sp³-hybridized carbons (Fsp3) is 0.368. The first-order valence-electron chi connectivity index (χ1n) is 7.81. The number of ether oxygens (including phenoxy) is 1. The van der Waals surface area contributed by atoms with Gasteiger partial charge in [0.25, 0.3) is 0 Å². The van der Waals surface area contributed by atoms with Crippen LogP contribution in [0.3, 0.4) is 0 Å². The maximum absolute atomic E-state index is 9.73.